The van der Waals surface area contributed by atoms with Gasteiger partial charge in [-0.05, 0) is 22.3 Å². The lowest BCUT2D eigenvalue weighted by Gasteiger charge is -2.14. The summed E-state index contributed by atoms with van der Waals surface area (Å²) in [5.41, 5.74) is 4.25. The number of ether oxygens (including phenoxy) is 1. The normalized spacial score (nSPS) is 19.1. The number of carbonyl (C=O) groups excluding carboxylic acids is 3. The first-order valence-corrected chi connectivity index (χ1v) is 10.9. The Morgan fingerprint density at radius 1 is 0.857 bits per heavy atom. The standard InChI is InChI=1S/C24H23F2N3O6/c25-24(26)18(21(24)22(32)33)9-27-19(30)10-28-20(31)11-29-23(34)35-12-17-15-7-3-1-5-13(15)14-6-2-4-8-16(14)17/h1-8,17-18,21H,9-12H2,(H,27,30)(H,28,31)(H,29,34)(H,32,33). The molecule has 184 valence electrons. The van der Waals surface area contributed by atoms with E-state index in [0.717, 1.165) is 22.3 Å². The second-order valence-electron chi connectivity index (χ2n) is 8.36. The van der Waals surface area contributed by atoms with Crippen LogP contribution in [0.2, 0.25) is 0 Å². The highest BCUT2D eigenvalue weighted by Crippen LogP contribution is 2.54. The molecule has 0 saturated heterocycles. The molecule has 3 amide bonds. The zero-order valence-electron chi connectivity index (χ0n) is 18.4. The van der Waals surface area contributed by atoms with Crippen molar-refractivity contribution >= 4 is 23.9 Å². The fourth-order valence-corrected chi connectivity index (χ4v) is 4.31. The molecular weight excluding hydrogens is 464 g/mol. The van der Waals surface area contributed by atoms with E-state index in [9.17, 15) is 28.0 Å². The minimum Gasteiger partial charge on any atom is -0.481 e. The van der Waals surface area contributed by atoms with Crippen LogP contribution in [0, 0.1) is 11.8 Å². The van der Waals surface area contributed by atoms with Crippen molar-refractivity contribution in [3.05, 3.63) is 59.7 Å². The van der Waals surface area contributed by atoms with Gasteiger partial charge in [0.15, 0.2) is 0 Å². The zero-order chi connectivity index (χ0) is 25.2. The maximum Gasteiger partial charge on any atom is 0.407 e. The average molecular weight is 487 g/mol. The Hall–Kier alpha value is -4.02. The van der Waals surface area contributed by atoms with Crippen molar-refractivity contribution in [2.75, 3.05) is 26.2 Å². The molecule has 0 heterocycles. The molecule has 2 atom stereocenters. The molecule has 2 unspecified atom stereocenters. The van der Waals surface area contributed by atoms with Gasteiger partial charge in [0.2, 0.25) is 11.8 Å². The van der Waals surface area contributed by atoms with E-state index < -0.39 is 61.3 Å². The number of fused-ring (bicyclic) bond motifs is 3. The summed E-state index contributed by atoms with van der Waals surface area (Å²) in [6, 6.07) is 15.7. The molecule has 0 spiro atoms. The topological polar surface area (TPSA) is 134 Å². The van der Waals surface area contributed by atoms with Crippen molar-refractivity contribution in [3.63, 3.8) is 0 Å². The minimum absolute atomic E-state index is 0.0764. The highest BCUT2D eigenvalue weighted by molar-refractivity contribution is 5.87. The maximum absolute atomic E-state index is 13.3. The number of hydrogen-bond donors (Lipinski definition) is 4. The predicted octanol–water partition coefficient (Wildman–Crippen LogP) is 1.72. The van der Waals surface area contributed by atoms with Crippen LogP contribution >= 0.6 is 0 Å². The maximum atomic E-state index is 13.3. The number of carboxylic acids is 1. The molecule has 0 aromatic heterocycles. The van der Waals surface area contributed by atoms with Crippen LogP contribution in [0.1, 0.15) is 17.0 Å². The quantitative estimate of drug-likeness (QED) is 0.426. The van der Waals surface area contributed by atoms with E-state index in [1.807, 2.05) is 48.5 Å². The first-order valence-electron chi connectivity index (χ1n) is 10.9. The summed E-state index contributed by atoms with van der Waals surface area (Å²) in [6.07, 6.45) is -0.804. The van der Waals surface area contributed by atoms with Crippen molar-refractivity contribution in [1.29, 1.82) is 0 Å². The SMILES string of the molecule is O=C(CNC(=O)CNC(=O)OCC1c2ccccc2-c2ccccc21)NCC1C(C(=O)O)C1(F)F. The van der Waals surface area contributed by atoms with E-state index in [2.05, 4.69) is 16.0 Å². The number of aliphatic carboxylic acids is 1. The van der Waals surface area contributed by atoms with Crippen molar-refractivity contribution in [2.45, 2.75) is 11.8 Å². The van der Waals surface area contributed by atoms with Gasteiger partial charge in [0, 0.05) is 12.5 Å². The molecule has 9 nitrogen and oxygen atoms in total. The third-order valence-electron chi connectivity index (χ3n) is 6.17. The van der Waals surface area contributed by atoms with Crippen molar-refractivity contribution in [1.82, 2.24) is 16.0 Å². The van der Waals surface area contributed by atoms with Crippen LogP contribution in [0.25, 0.3) is 11.1 Å². The molecule has 1 saturated carbocycles. The number of nitrogens with one attached hydrogen (secondary N) is 3. The third kappa shape index (κ3) is 5.08. The van der Waals surface area contributed by atoms with Gasteiger partial charge in [-0.1, -0.05) is 48.5 Å². The molecule has 0 aliphatic heterocycles. The largest absolute Gasteiger partial charge is 0.481 e. The molecule has 2 aromatic rings. The molecule has 0 radical (unpaired) electrons. The van der Waals surface area contributed by atoms with Crippen LogP contribution in [-0.4, -0.2) is 61.1 Å². The lowest BCUT2D eigenvalue weighted by molar-refractivity contribution is -0.141. The second-order valence-corrected chi connectivity index (χ2v) is 8.36. The molecule has 2 aliphatic carbocycles. The van der Waals surface area contributed by atoms with Crippen molar-refractivity contribution in [2.24, 2.45) is 11.8 Å². The summed E-state index contributed by atoms with van der Waals surface area (Å²) >= 11 is 0. The van der Waals surface area contributed by atoms with Gasteiger partial charge in [0.05, 0.1) is 12.5 Å². The van der Waals surface area contributed by atoms with E-state index in [4.69, 9.17) is 9.84 Å². The molecule has 1 fully saturated rings. The molecule has 2 aromatic carbocycles. The Balaban J connectivity index is 1.16. The van der Waals surface area contributed by atoms with E-state index in [1.54, 1.807) is 0 Å². The lowest BCUT2D eigenvalue weighted by Crippen LogP contribution is -2.42. The highest BCUT2D eigenvalue weighted by atomic mass is 19.3. The molecule has 35 heavy (non-hydrogen) atoms. The van der Waals surface area contributed by atoms with Crippen molar-refractivity contribution < 1.29 is 37.8 Å². The summed E-state index contributed by atoms with van der Waals surface area (Å²) in [5, 5.41) is 15.4. The number of carboxylic acid groups (broad SMARTS) is 1. The van der Waals surface area contributed by atoms with Gasteiger partial charge >= 0.3 is 12.1 Å². The van der Waals surface area contributed by atoms with Crippen LogP contribution in [0.3, 0.4) is 0 Å². The monoisotopic (exact) mass is 487 g/mol. The lowest BCUT2D eigenvalue weighted by atomic mass is 9.98. The number of amides is 3. The number of rotatable bonds is 9. The number of carbonyl (C=O) groups is 4. The van der Waals surface area contributed by atoms with E-state index in [1.165, 1.54) is 0 Å². The molecule has 0 bridgehead atoms. The van der Waals surface area contributed by atoms with Gasteiger partial charge < -0.3 is 25.8 Å². The number of hydrogen-bond acceptors (Lipinski definition) is 5. The third-order valence-corrected chi connectivity index (χ3v) is 6.17. The van der Waals surface area contributed by atoms with E-state index >= 15 is 0 Å². The number of alkyl carbamates (subject to hydrolysis) is 1. The first-order chi connectivity index (χ1) is 16.7. The fourth-order valence-electron chi connectivity index (χ4n) is 4.31. The van der Waals surface area contributed by atoms with Gasteiger partial charge in [-0.25, -0.2) is 13.6 Å². The molecule has 2 aliphatic rings. The fraction of sp³-hybridized carbons (Fsp3) is 0.333. The summed E-state index contributed by atoms with van der Waals surface area (Å²) in [5.74, 6) is -9.86. The van der Waals surface area contributed by atoms with Crippen LogP contribution in [0.15, 0.2) is 48.5 Å². The van der Waals surface area contributed by atoms with E-state index in [-0.39, 0.29) is 12.5 Å². The van der Waals surface area contributed by atoms with Crippen LogP contribution < -0.4 is 16.0 Å². The first kappa shape index (κ1) is 24.1. The number of benzene rings is 2. The summed E-state index contributed by atoms with van der Waals surface area (Å²) in [7, 11) is 0. The minimum atomic E-state index is -3.37. The van der Waals surface area contributed by atoms with Gasteiger partial charge in [0.25, 0.3) is 5.92 Å². The highest BCUT2D eigenvalue weighted by Gasteiger charge is 2.72. The predicted molar refractivity (Wildman–Crippen MR) is 119 cm³/mol. The van der Waals surface area contributed by atoms with E-state index in [0.29, 0.717) is 0 Å². The molecule has 11 heteroatoms. The van der Waals surface area contributed by atoms with Crippen LogP contribution in [0.5, 0.6) is 0 Å². The Morgan fingerprint density at radius 2 is 1.40 bits per heavy atom. The zero-order valence-corrected chi connectivity index (χ0v) is 18.4. The Bertz CT molecular complexity index is 1130. The Kier molecular flexibility index (Phi) is 6.68. The summed E-state index contributed by atoms with van der Waals surface area (Å²) in [6.45, 7) is -1.41. The second kappa shape index (κ2) is 9.69. The van der Waals surface area contributed by atoms with Gasteiger partial charge in [-0.15, -0.1) is 0 Å². The smallest absolute Gasteiger partial charge is 0.407 e. The number of halogens is 2. The Labute approximate surface area is 198 Å². The summed E-state index contributed by atoms with van der Waals surface area (Å²) < 4.78 is 31.9. The number of alkyl halides is 2. The summed E-state index contributed by atoms with van der Waals surface area (Å²) in [4.78, 5) is 46.4. The van der Waals surface area contributed by atoms with Gasteiger partial charge in [-0.2, -0.15) is 0 Å². The van der Waals surface area contributed by atoms with Crippen LogP contribution in [0.4, 0.5) is 13.6 Å². The van der Waals surface area contributed by atoms with Gasteiger partial charge in [-0.3, -0.25) is 14.4 Å². The molecule has 4 rings (SSSR count). The molecule has 4 N–H and O–H groups in total. The van der Waals surface area contributed by atoms with Crippen molar-refractivity contribution in [3.8, 4) is 11.1 Å². The molecular formula is C24H23F2N3O6. The Morgan fingerprint density at radius 3 is 1.97 bits per heavy atom. The average Bonchev–Trinajstić information content (AvgIpc) is 3.25. The van der Waals surface area contributed by atoms with Gasteiger partial charge in [0.1, 0.15) is 19.1 Å². The van der Waals surface area contributed by atoms with Crippen LogP contribution in [-0.2, 0) is 19.1 Å².